The zero-order valence-corrected chi connectivity index (χ0v) is 16.0. The Morgan fingerprint density at radius 3 is 2.67 bits per heavy atom. The lowest BCUT2D eigenvalue weighted by atomic mass is 9.89. The molecule has 0 aliphatic carbocycles. The summed E-state index contributed by atoms with van der Waals surface area (Å²) in [7, 11) is 0. The largest absolute Gasteiger partial charge is 0.487 e. The standard InChI is InChI=1S/C22H25ClN2O2/c23-17-5-3-4-15(10-17)14-27-21-7-2-1-6-20(21)25-22(26)13-16-11-18-8-9-19(12-16)24-18/h1-7,10,16,18-19,24H,8-9,11-14H2,(H,25,26). The molecule has 2 heterocycles. The smallest absolute Gasteiger partial charge is 0.224 e. The first-order valence-electron chi connectivity index (χ1n) is 9.68. The van der Waals surface area contributed by atoms with Crippen molar-refractivity contribution in [2.45, 2.75) is 50.8 Å². The number of carbonyl (C=O) groups excluding carboxylic acids is 1. The van der Waals surface area contributed by atoms with Gasteiger partial charge in [0, 0.05) is 23.5 Å². The molecule has 2 atom stereocenters. The molecule has 0 aromatic heterocycles. The number of halogens is 1. The van der Waals surface area contributed by atoms with Crippen LogP contribution < -0.4 is 15.4 Å². The molecule has 4 rings (SSSR count). The van der Waals surface area contributed by atoms with Crippen molar-refractivity contribution in [1.29, 1.82) is 0 Å². The van der Waals surface area contributed by atoms with Gasteiger partial charge in [0.1, 0.15) is 12.4 Å². The van der Waals surface area contributed by atoms with Crippen molar-refractivity contribution >= 4 is 23.2 Å². The topological polar surface area (TPSA) is 50.4 Å². The summed E-state index contributed by atoms with van der Waals surface area (Å²) in [5.74, 6) is 1.22. The second-order valence-electron chi connectivity index (χ2n) is 7.64. The van der Waals surface area contributed by atoms with E-state index < -0.39 is 0 Å². The molecular formula is C22H25ClN2O2. The summed E-state index contributed by atoms with van der Waals surface area (Å²) < 4.78 is 5.93. The number of fused-ring (bicyclic) bond motifs is 2. The highest BCUT2D eigenvalue weighted by atomic mass is 35.5. The van der Waals surface area contributed by atoms with Crippen LogP contribution in [0.25, 0.3) is 0 Å². The Hall–Kier alpha value is -2.04. The zero-order chi connectivity index (χ0) is 18.6. The predicted molar refractivity (Wildman–Crippen MR) is 108 cm³/mol. The van der Waals surface area contributed by atoms with Gasteiger partial charge in [-0.05, 0) is 61.4 Å². The number of benzene rings is 2. The summed E-state index contributed by atoms with van der Waals surface area (Å²) in [5, 5.41) is 7.36. The van der Waals surface area contributed by atoms with Gasteiger partial charge in [-0.1, -0.05) is 35.9 Å². The zero-order valence-electron chi connectivity index (χ0n) is 15.3. The van der Waals surface area contributed by atoms with E-state index in [-0.39, 0.29) is 5.91 Å². The number of carbonyl (C=O) groups is 1. The predicted octanol–water partition coefficient (Wildman–Crippen LogP) is 4.78. The highest BCUT2D eigenvalue weighted by molar-refractivity contribution is 6.30. The van der Waals surface area contributed by atoms with Gasteiger partial charge < -0.3 is 15.4 Å². The maximum atomic E-state index is 12.6. The lowest BCUT2D eigenvalue weighted by Crippen LogP contribution is -2.39. The summed E-state index contributed by atoms with van der Waals surface area (Å²) in [4.78, 5) is 12.6. The Kier molecular flexibility index (Phi) is 5.65. The number of para-hydroxylation sites is 2. The van der Waals surface area contributed by atoms with Gasteiger partial charge in [-0.25, -0.2) is 0 Å². The van der Waals surface area contributed by atoms with E-state index >= 15 is 0 Å². The maximum Gasteiger partial charge on any atom is 0.224 e. The fraction of sp³-hybridized carbons (Fsp3) is 0.409. The van der Waals surface area contributed by atoms with Crippen LogP contribution in [0.15, 0.2) is 48.5 Å². The van der Waals surface area contributed by atoms with Gasteiger partial charge in [0.2, 0.25) is 5.91 Å². The van der Waals surface area contributed by atoms with E-state index in [1.807, 2.05) is 48.5 Å². The Labute approximate surface area is 165 Å². The molecule has 2 fully saturated rings. The molecule has 2 aromatic carbocycles. The van der Waals surface area contributed by atoms with Crippen molar-refractivity contribution in [2.24, 2.45) is 5.92 Å². The van der Waals surface area contributed by atoms with Crippen LogP contribution in [0.5, 0.6) is 5.75 Å². The number of ether oxygens (including phenoxy) is 1. The summed E-state index contributed by atoms with van der Waals surface area (Å²) in [6.45, 7) is 0.408. The van der Waals surface area contributed by atoms with Gasteiger partial charge in [-0.3, -0.25) is 4.79 Å². The minimum Gasteiger partial charge on any atom is -0.487 e. The molecule has 2 bridgehead atoms. The normalized spacial score (nSPS) is 23.8. The van der Waals surface area contributed by atoms with Crippen LogP contribution in [0.2, 0.25) is 5.02 Å². The van der Waals surface area contributed by atoms with Gasteiger partial charge >= 0.3 is 0 Å². The monoisotopic (exact) mass is 384 g/mol. The molecule has 142 valence electrons. The Morgan fingerprint density at radius 1 is 1.11 bits per heavy atom. The van der Waals surface area contributed by atoms with Crippen molar-refractivity contribution in [1.82, 2.24) is 5.32 Å². The fourth-order valence-corrected chi connectivity index (χ4v) is 4.50. The van der Waals surface area contributed by atoms with Crippen molar-refractivity contribution in [3.63, 3.8) is 0 Å². The van der Waals surface area contributed by atoms with Crippen molar-refractivity contribution < 1.29 is 9.53 Å². The summed E-state index contributed by atoms with van der Waals surface area (Å²) >= 11 is 6.03. The molecule has 1 amide bonds. The number of piperidine rings is 1. The second kappa shape index (κ2) is 8.32. The fourth-order valence-electron chi connectivity index (χ4n) is 4.29. The molecule has 0 saturated carbocycles. The average Bonchev–Trinajstić information content (AvgIpc) is 2.99. The van der Waals surface area contributed by atoms with Crippen LogP contribution in [0.3, 0.4) is 0 Å². The van der Waals surface area contributed by atoms with E-state index in [2.05, 4.69) is 10.6 Å². The van der Waals surface area contributed by atoms with Crippen molar-refractivity contribution in [3.05, 3.63) is 59.1 Å². The van der Waals surface area contributed by atoms with Crippen LogP contribution in [0.1, 0.15) is 37.7 Å². The van der Waals surface area contributed by atoms with Gasteiger partial charge in [0.15, 0.2) is 0 Å². The number of anilines is 1. The number of amides is 1. The first-order chi connectivity index (χ1) is 13.2. The third-order valence-electron chi connectivity index (χ3n) is 5.49. The molecule has 4 nitrogen and oxygen atoms in total. The average molecular weight is 385 g/mol. The summed E-state index contributed by atoms with van der Waals surface area (Å²) in [6, 6.07) is 16.4. The number of nitrogens with one attached hydrogen (secondary N) is 2. The van der Waals surface area contributed by atoms with Crippen molar-refractivity contribution in [3.8, 4) is 5.75 Å². The van der Waals surface area contributed by atoms with Crippen molar-refractivity contribution in [2.75, 3.05) is 5.32 Å². The molecule has 27 heavy (non-hydrogen) atoms. The minimum absolute atomic E-state index is 0.0695. The van der Waals surface area contributed by atoms with Crippen LogP contribution >= 0.6 is 11.6 Å². The van der Waals surface area contributed by atoms with Crippen LogP contribution in [0, 0.1) is 5.92 Å². The molecule has 2 unspecified atom stereocenters. The van der Waals surface area contributed by atoms with E-state index in [1.54, 1.807) is 0 Å². The molecule has 2 saturated heterocycles. The van der Waals surface area contributed by atoms with Crippen LogP contribution in [-0.4, -0.2) is 18.0 Å². The van der Waals surface area contributed by atoms with Gasteiger partial charge in [-0.2, -0.15) is 0 Å². The SMILES string of the molecule is O=C(CC1CC2CCC(C1)N2)Nc1ccccc1OCc1cccc(Cl)c1. The Balaban J connectivity index is 1.35. The molecule has 2 aromatic rings. The highest BCUT2D eigenvalue weighted by Crippen LogP contribution is 2.33. The first-order valence-corrected chi connectivity index (χ1v) is 10.1. The molecule has 2 N–H and O–H groups in total. The number of rotatable bonds is 6. The molecule has 0 spiro atoms. The highest BCUT2D eigenvalue weighted by Gasteiger charge is 2.34. The molecule has 2 aliphatic rings. The van der Waals surface area contributed by atoms with E-state index in [4.69, 9.17) is 16.3 Å². The first kappa shape index (κ1) is 18.3. The summed E-state index contributed by atoms with van der Waals surface area (Å²) in [6.07, 6.45) is 5.30. The van der Waals surface area contributed by atoms with E-state index in [0.717, 1.165) is 24.1 Å². The second-order valence-corrected chi connectivity index (χ2v) is 8.08. The maximum absolute atomic E-state index is 12.6. The molecule has 2 aliphatic heterocycles. The third kappa shape index (κ3) is 4.82. The van der Waals surface area contributed by atoms with E-state index in [9.17, 15) is 4.79 Å². The van der Waals surface area contributed by atoms with Crippen LogP contribution in [0.4, 0.5) is 5.69 Å². The minimum atomic E-state index is 0.0695. The van der Waals surface area contributed by atoms with Gasteiger partial charge in [0.25, 0.3) is 0 Å². The molecule has 5 heteroatoms. The lowest BCUT2D eigenvalue weighted by Gasteiger charge is -2.28. The Bertz CT molecular complexity index is 798. The molecule has 0 radical (unpaired) electrons. The van der Waals surface area contributed by atoms with E-state index in [0.29, 0.717) is 41.8 Å². The van der Waals surface area contributed by atoms with Gasteiger partial charge in [-0.15, -0.1) is 0 Å². The lowest BCUT2D eigenvalue weighted by molar-refractivity contribution is -0.117. The van der Waals surface area contributed by atoms with E-state index in [1.165, 1.54) is 12.8 Å². The van der Waals surface area contributed by atoms with Crippen LogP contribution in [-0.2, 0) is 11.4 Å². The van der Waals surface area contributed by atoms with Gasteiger partial charge in [0.05, 0.1) is 5.69 Å². The summed E-state index contributed by atoms with van der Waals surface area (Å²) in [5.41, 5.74) is 1.72. The number of hydrogen-bond donors (Lipinski definition) is 2. The quantitative estimate of drug-likeness (QED) is 0.753. The molecular weight excluding hydrogens is 360 g/mol. The Morgan fingerprint density at radius 2 is 1.89 bits per heavy atom. The number of hydrogen-bond acceptors (Lipinski definition) is 3. The third-order valence-corrected chi connectivity index (χ3v) is 5.72.